The van der Waals surface area contributed by atoms with Crippen molar-refractivity contribution in [2.45, 2.75) is 67.0 Å². The lowest BCUT2D eigenvalue weighted by Crippen LogP contribution is -2.30. The van der Waals surface area contributed by atoms with E-state index in [1.54, 1.807) is 0 Å². The summed E-state index contributed by atoms with van der Waals surface area (Å²) >= 11 is 0. The number of carbonyl (C=O) groups is 1. The van der Waals surface area contributed by atoms with Crippen LogP contribution in [0, 0.1) is 0 Å². The number of nitrogens with zero attached hydrogens (tertiary/aromatic N) is 3. The second-order valence-corrected chi connectivity index (χ2v) is 9.58. The zero-order valence-corrected chi connectivity index (χ0v) is 22.2. The molecule has 5 heteroatoms. The summed E-state index contributed by atoms with van der Waals surface area (Å²) in [6, 6.07) is 17.2. The molecular weight excluding hydrogens is 434 g/mol. The van der Waals surface area contributed by atoms with Crippen molar-refractivity contribution in [3.8, 4) is 0 Å². The number of allylic oxidation sites excluding steroid dienone is 3. The van der Waals surface area contributed by atoms with E-state index in [4.69, 9.17) is 0 Å². The molecule has 0 spiro atoms. The van der Waals surface area contributed by atoms with E-state index >= 15 is 0 Å². The largest absolute Gasteiger partial charge is 0.508 e. The minimum absolute atomic E-state index is 0.0266. The molecule has 186 valence electrons. The van der Waals surface area contributed by atoms with E-state index in [-0.39, 0.29) is 11.5 Å². The van der Waals surface area contributed by atoms with E-state index in [9.17, 15) is 9.90 Å². The van der Waals surface area contributed by atoms with E-state index in [2.05, 4.69) is 80.6 Å². The van der Waals surface area contributed by atoms with Gasteiger partial charge in [0.25, 0.3) is 0 Å². The van der Waals surface area contributed by atoms with Crippen LogP contribution in [0.25, 0.3) is 0 Å². The lowest BCUT2D eigenvalue weighted by atomic mass is 9.90. The monoisotopic (exact) mass is 473 g/mol. The zero-order valence-electron chi connectivity index (χ0n) is 22.2. The topological polar surface area (TPSA) is 56.1 Å². The van der Waals surface area contributed by atoms with Crippen LogP contribution in [0.4, 0.5) is 17.1 Å². The highest BCUT2D eigenvalue weighted by Crippen LogP contribution is 2.28. The summed E-state index contributed by atoms with van der Waals surface area (Å²) in [6.07, 6.45) is 1.83. The second-order valence-electron chi connectivity index (χ2n) is 9.58. The molecule has 0 aromatic heterocycles. The fraction of sp³-hybridized carbons (Fsp3) is 0.400. The van der Waals surface area contributed by atoms with Crippen molar-refractivity contribution in [2.24, 2.45) is 4.99 Å². The Morgan fingerprint density at radius 3 is 1.77 bits per heavy atom. The number of benzene rings is 2. The normalized spacial score (nSPS) is 15.3. The average Bonchev–Trinajstić information content (AvgIpc) is 2.82. The van der Waals surface area contributed by atoms with Crippen LogP contribution in [0.2, 0.25) is 0 Å². The van der Waals surface area contributed by atoms with Gasteiger partial charge in [-0.2, -0.15) is 0 Å². The van der Waals surface area contributed by atoms with Crippen LogP contribution < -0.4 is 9.80 Å². The lowest BCUT2D eigenvalue weighted by Gasteiger charge is -2.27. The zero-order chi connectivity index (χ0) is 25.7. The summed E-state index contributed by atoms with van der Waals surface area (Å²) in [4.78, 5) is 22.0. The number of aliphatic imine (C=N–C) groups is 1. The number of rotatable bonds is 9. The van der Waals surface area contributed by atoms with Gasteiger partial charge in [-0.1, -0.05) is 12.1 Å². The molecular formula is C30H39N3O2. The van der Waals surface area contributed by atoms with Gasteiger partial charge in [0.1, 0.15) is 11.5 Å². The van der Waals surface area contributed by atoms with Crippen LogP contribution >= 0.6 is 0 Å². The molecule has 2 aromatic rings. The van der Waals surface area contributed by atoms with Crippen molar-refractivity contribution in [1.29, 1.82) is 0 Å². The first-order valence-electron chi connectivity index (χ1n) is 12.6. The van der Waals surface area contributed by atoms with Crippen molar-refractivity contribution >= 4 is 28.6 Å². The maximum Gasteiger partial charge on any atom is 0.208 e. The van der Waals surface area contributed by atoms with Gasteiger partial charge in [0, 0.05) is 54.6 Å². The number of anilines is 2. The van der Waals surface area contributed by atoms with Crippen LogP contribution in [0.5, 0.6) is 0 Å². The molecule has 0 saturated carbocycles. The van der Waals surface area contributed by atoms with Crippen molar-refractivity contribution in [2.75, 3.05) is 22.9 Å². The van der Waals surface area contributed by atoms with E-state index in [1.807, 2.05) is 31.2 Å². The molecule has 0 unspecified atom stereocenters. The van der Waals surface area contributed by atoms with Gasteiger partial charge in [0.2, 0.25) is 5.78 Å². The number of ketones is 1. The molecule has 1 aliphatic carbocycles. The standard InChI is InChI=1S/C30H39N3O2/c1-8-32(20(3)4)25-14-10-23(11-15-25)18-27-22(7)30(29(35)19-28(27)34)31-24-12-16-26(17-13-24)33(9-2)21(5)6/h10-17,19-21,34H,8-9,18H2,1-7H3. The van der Waals surface area contributed by atoms with Crippen molar-refractivity contribution < 1.29 is 9.90 Å². The lowest BCUT2D eigenvalue weighted by molar-refractivity contribution is -0.109. The quantitative estimate of drug-likeness (QED) is 0.406. The first kappa shape index (κ1) is 26.3. The molecule has 35 heavy (non-hydrogen) atoms. The van der Waals surface area contributed by atoms with Crippen molar-refractivity contribution in [3.63, 3.8) is 0 Å². The third-order valence-corrected chi connectivity index (χ3v) is 6.62. The number of hydrogen-bond donors (Lipinski definition) is 1. The third kappa shape index (κ3) is 6.02. The van der Waals surface area contributed by atoms with Gasteiger partial charge < -0.3 is 14.9 Å². The Kier molecular flexibility index (Phi) is 8.55. The molecule has 0 bridgehead atoms. The highest BCUT2D eigenvalue weighted by molar-refractivity contribution is 6.51. The van der Waals surface area contributed by atoms with Crippen LogP contribution in [0.3, 0.4) is 0 Å². The van der Waals surface area contributed by atoms with Crippen molar-refractivity contribution in [3.05, 3.63) is 77.1 Å². The van der Waals surface area contributed by atoms with Crippen LogP contribution in [-0.4, -0.2) is 41.8 Å². The summed E-state index contributed by atoms with van der Waals surface area (Å²) in [5.41, 5.74) is 5.96. The molecule has 5 nitrogen and oxygen atoms in total. The Morgan fingerprint density at radius 1 is 0.829 bits per heavy atom. The van der Waals surface area contributed by atoms with Gasteiger partial charge in [-0.05, 0) is 96.0 Å². The maximum atomic E-state index is 12.7. The van der Waals surface area contributed by atoms with E-state index in [0.29, 0.717) is 24.2 Å². The molecule has 0 aliphatic heterocycles. The molecule has 0 heterocycles. The van der Waals surface area contributed by atoms with Gasteiger partial charge in [0.15, 0.2) is 0 Å². The summed E-state index contributed by atoms with van der Waals surface area (Å²) in [7, 11) is 0. The Bertz CT molecular complexity index is 1120. The van der Waals surface area contributed by atoms with Gasteiger partial charge in [0.05, 0.1) is 5.69 Å². The first-order valence-corrected chi connectivity index (χ1v) is 12.6. The van der Waals surface area contributed by atoms with E-state index < -0.39 is 0 Å². The Morgan fingerprint density at radius 2 is 1.31 bits per heavy atom. The van der Waals surface area contributed by atoms with Crippen LogP contribution in [0.15, 0.2) is 76.5 Å². The molecule has 3 rings (SSSR count). The molecule has 0 radical (unpaired) electrons. The predicted molar refractivity (Wildman–Crippen MR) is 148 cm³/mol. The Balaban J connectivity index is 1.87. The Hall–Kier alpha value is -3.34. The van der Waals surface area contributed by atoms with Crippen LogP contribution in [-0.2, 0) is 11.2 Å². The van der Waals surface area contributed by atoms with Gasteiger partial charge in [-0.3, -0.25) is 4.79 Å². The molecule has 2 aromatic carbocycles. The number of aliphatic hydroxyl groups excluding tert-OH is 1. The van der Waals surface area contributed by atoms with Gasteiger partial charge >= 0.3 is 0 Å². The first-order chi connectivity index (χ1) is 16.7. The number of aliphatic hydroxyl groups is 1. The van der Waals surface area contributed by atoms with Gasteiger partial charge in [-0.15, -0.1) is 0 Å². The summed E-state index contributed by atoms with van der Waals surface area (Å²) < 4.78 is 0. The fourth-order valence-electron chi connectivity index (χ4n) is 4.71. The second kappa shape index (κ2) is 11.4. The molecule has 1 aliphatic rings. The summed E-state index contributed by atoms with van der Waals surface area (Å²) in [5, 5.41) is 10.6. The average molecular weight is 474 g/mol. The smallest absolute Gasteiger partial charge is 0.208 e. The predicted octanol–water partition coefficient (Wildman–Crippen LogP) is 6.81. The number of carbonyl (C=O) groups excluding carboxylic acids is 1. The highest BCUT2D eigenvalue weighted by Gasteiger charge is 2.24. The maximum absolute atomic E-state index is 12.7. The summed E-state index contributed by atoms with van der Waals surface area (Å²) in [6.45, 7) is 16.7. The minimum Gasteiger partial charge on any atom is -0.508 e. The number of hydrogen-bond acceptors (Lipinski definition) is 5. The SMILES string of the molecule is CCN(c1ccc(CC2=C(C)C(=Nc3ccc(N(CC)C(C)C)cc3)C(=O)C=C2O)cc1)C(C)C. The summed E-state index contributed by atoms with van der Waals surface area (Å²) in [5.74, 6) is -0.241. The minimum atomic E-state index is -0.268. The Labute approximate surface area is 210 Å². The third-order valence-electron chi connectivity index (χ3n) is 6.62. The van der Waals surface area contributed by atoms with Crippen molar-refractivity contribution in [1.82, 2.24) is 0 Å². The fourth-order valence-corrected chi connectivity index (χ4v) is 4.71. The van der Waals surface area contributed by atoms with E-state index in [0.717, 1.165) is 41.2 Å². The molecule has 0 saturated heterocycles. The van der Waals surface area contributed by atoms with Crippen LogP contribution in [0.1, 0.15) is 54.0 Å². The highest BCUT2D eigenvalue weighted by atomic mass is 16.3. The molecule has 0 amide bonds. The van der Waals surface area contributed by atoms with Gasteiger partial charge in [-0.25, -0.2) is 4.99 Å². The molecule has 0 atom stereocenters. The molecule has 1 N–H and O–H groups in total. The van der Waals surface area contributed by atoms with E-state index in [1.165, 1.54) is 11.8 Å². The molecule has 0 fully saturated rings.